The number of rotatable bonds is 4. The topological polar surface area (TPSA) is 83.4 Å². The van der Waals surface area contributed by atoms with Gasteiger partial charge in [-0.2, -0.15) is 0 Å². The van der Waals surface area contributed by atoms with E-state index in [4.69, 9.17) is 0 Å². The Hall–Kier alpha value is -2.83. The minimum Gasteiger partial charge on any atom is -0.478 e. The van der Waals surface area contributed by atoms with Gasteiger partial charge in [0, 0.05) is 31.8 Å². The molecule has 1 aromatic heterocycles. The fraction of sp³-hybridized carbons (Fsp3) is 0.368. The zero-order valence-electron chi connectivity index (χ0n) is 14.5. The molecule has 6 nitrogen and oxygen atoms in total. The van der Waals surface area contributed by atoms with Crippen LogP contribution in [-0.2, 0) is 11.2 Å². The summed E-state index contributed by atoms with van der Waals surface area (Å²) in [7, 11) is 0. The van der Waals surface area contributed by atoms with Crippen molar-refractivity contribution in [3.05, 3.63) is 47.7 Å². The summed E-state index contributed by atoms with van der Waals surface area (Å²) in [5.41, 5.74) is 1.23. The summed E-state index contributed by atoms with van der Waals surface area (Å²) < 4.78 is 13.6. The van der Waals surface area contributed by atoms with Crippen molar-refractivity contribution in [1.82, 2.24) is 14.9 Å². The molecule has 0 spiro atoms. The standard InChI is InChI=1S/C19H20FN3O3/c1-12(24)23-6-2-3-13(11-23)7-15-9-21-10-18(22-15)17-8-14(20)4-5-16(17)19(25)26/h4-5,8-10,13H,2-3,6-7,11H2,1H3,(H,25,26). The van der Waals surface area contributed by atoms with E-state index in [1.54, 1.807) is 13.1 Å². The minimum atomic E-state index is -1.14. The number of carboxylic acid groups (broad SMARTS) is 1. The Bertz CT molecular complexity index is 841. The van der Waals surface area contributed by atoms with Crippen LogP contribution in [0.3, 0.4) is 0 Å². The van der Waals surface area contributed by atoms with E-state index in [-0.39, 0.29) is 23.0 Å². The lowest BCUT2D eigenvalue weighted by Gasteiger charge is -2.31. The Kier molecular flexibility index (Phi) is 5.25. The number of amides is 1. The normalized spacial score (nSPS) is 17.2. The molecule has 1 aromatic carbocycles. The molecular weight excluding hydrogens is 337 g/mol. The predicted octanol–water partition coefficient (Wildman–Crippen LogP) is 2.78. The molecule has 2 heterocycles. The number of hydrogen-bond donors (Lipinski definition) is 1. The highest BCUT2D eigenvalue weighted by molar-refractivity contribution is 5.95. The van der Waals surface area contributed by atoms with Gasteiger partial charge in [-0.1, -0.05) is 0 Å². The van der Waals surface area contributed by atoms with Crippen LogP contribution in [0.1, 0.15) is 35.8 Å². The molecule has 1 N–H and O–H groups in total. The lowest BCUT2D eigenvalue weighted by Crippen LogP contribution is -2.39. The first-order chi connectivity index (χ1) is 12.4. The number of carbonyl (C=O) groups excluding carboxylic acids is 1. The molecule has 1 aliphatic heterocycles. The van der Waals surface area contributed by atoms with Gasteiger partial charge in [0.25, 0.3) is 0 Å². The quantitative estimate of drug-likeness (QED) is 0.910. The number of benzene rings is 1. The van der Waals surface area contributed by atoms with Gasteiger partial charge in [-0.15, -0.1) is 0 Å². The molecule has 1 saturated heterocycles. The first-order valence-corrected chi connectivity index (χ1v) is 8.53. The Labute approximate surface area is 150 Å². The maximum Gasteiger partial charge on any atom is 0.336 e. The largest absolute Gasteiger partial charge is 0.478 e. The lowest BCUT2D eigenvalue weighted by molar-refractivity contribution is -0.130. The first-order valence-electron chi connectivity index (χ1n) is 8.53. The molecule has 1 fully saturated rings. The zero-order chi connectivity index (χ0) is 18.7. The van der Waals surface area contributed by atoms with E-state index in [0.29, 0.717) is 24.4 Å². The molecular formula is C19H20FN3O3. The minimum absolute atomic E-state index is 0.0155. The molecule has 1 atom stereocenters. The van der Waals surface area contributed by atoms with Crippen molar-refractivity contribution < 1.29 is 19.1 Å². The molecule has 0 bridgehead atoms. The summed E-state index contributed by atoms with van der Waals surface area (Å²) in [6.45, 7) is 3.03. The fourth-order valence-electron chi connectivity index (χ4n) is 3.36. The number of likely N-dealkylation sites (tertiary alicyclic amines) is 1. The van der Waals surface area contributed by atoms with Gasteiger partial charge in [-0.25, -0.2) is 14.2 Å². The van der Waals surface area contributed by atoms with Gasteiger partial charge in [0.2, 0.25) is 5.91 Å². The van der Waals surface area contributed by atoms with Crippen LogP contribution in [0.4, 0.5) is 4.39 Å². The molecule has 7 heteroatoms. The fourth-order valence-corrected chi connectivity index (χ4v) is 3.36. The first kappa shape index (κ1) is 18.0. The number of carbonyl (C=O) groups is 2. The molecule has 0 aliphatic carbocycles. The van der Waals surface area contributed by atoms with E-state index >= 15 is 0 Å². The molecule has 0 radical (unpaired) electrons. The van der Waals surface area contributed by atoms with Crippen LogP contribution in [0, 0.1) is 11.7 Å². The van der Waals surface area contributed by atoms with Crippen LogP contribution >= 0.6 is 0 Å². The SMILES string of the molecule is CC(=O)N1CCCC(Cc2cncc(-c3cc(F)ccc3C(=O)O)n2)C1. The van der Waals surface area contributed by atoms with Crippen molar-refractivity contribution in [2.45, 2.75) is 26.2 Å². The third-order valence-corrected chi connectivity index (χ3v) is 4.63. The summed E-state index contributed by atoms with van der Waals surface area (Å²) in [6.07, 6.45) is 5.66. The third-order valence-electron chi connectivity index (χ3n) is 4.63. The number of aromatic nitrogens is 2. The Balaban J connectivity index is 1.84. The molecule has 3 rings (SSSR count). The number of halogens is 1. The van der Waals surface area contributed by atoms with Crippen LogP contribution in [-0.4, -0.2) is 44.9 Å². The summed E-state index contributed by atoms with van der Waals surface area (Å²) in [4.78, 5) is 33.5. The zero-order valence-corrected chi connectivity index (χ0v) is 14.5. The molecule has 2 aromatic rings. The molecule has 26 heavy (non-hydrogen) atoms. The highest BCUT2D eigenvalue weighted by atomic mass is 19.1. The van der Waals surface area contributed by atoms with Crippen LogP contribution in [0.2, 0.25) is 0 Å². The summed E-state index contributed by atoms with van der Waals surface area (Å²) in [6, 6.07) is 3.51. The van der Waals surface area contributed by atoms with Gasteiger partial charge in [-0.05, 0) is 43.4 Å². The molecule has 1 aliphatic rings. The summed E-state index contributed by atoms with van der Waals surface area (Å²) >= 11 is 0. The number of hydrogen-bond acceptors (Lipinski definition) is 4. The number of piperidine rings is 1. The number of carboxylic acids is 1. The van der Waals surface area contributed by atoms with Crippen molar-refractivity contribution in [2.75, 3.05) is 13.1 Å². The van der Waals surface area contributed by atoms with E-state index in [1.807, 2.05) is 4.90 Å². The molecule has 1 amide bonds. The van der Waals surface area contributed by atoms with Crippen molar-refractivity contribution in [1.29, 1.82) is 0 Å². The van der Waals surface area contributed by atoms with Crippen LogP contribution in [0.15, 0.2) is 30.6 Å². The highest BCUT2D eigenvalue weighted by Crippen LogP contribution is 2.25. The van der Waals surface area contributed by atoms with Crippen LogP contribution in [0.25, 0.3) is 11.3 Å². The van der Waals surface area contributed by atoms with Crippen molar-refractivity contribution >= 4 is 11.9 Å². The summed E-state index contributed by atoms with van der Waals surface area (Å²) in [5.74, 6) is -1.32. The predicted molar refractivity (Wildman–Crippen MR) is 93.1 cm³/mol. The second-order valence-electron chi connectivity index (χ2n) is 6.57. The van der Waals surface area contributed by atoms with Gasteiger partial charge in [-0.3, -0.25) is 9.78 Å². The molecule has 0 saturated carbocycles. The van der Waals surface area contributed by atoms with Gasteiger partial charge in [0.05, 0.1) is 23.1 Å². The van der Waals surface area contributed by atoms with Gasteiger partial charge >= 0.3 is 5.97 Å². The lowest BCUT2D eigenvalue weighted by atomic mass is 9.93. The smallest absolute Gasteiger partial charge is 0.336 e. The van der Waals surface area contributed by atoms with Crippen molar-refractivity contribution in [3.63, 3.8) is 0 Å². The van der Waals surface area contributed by atoms with E-state index in [2.05, 4.69) is 9.97 Å². The van der Waals surface area contributed by atoms with E-state index in [0.717, 1.165) is 31.5 Å². The average Bonchev–Trinajstić information content (AvgIpc) is 2.62. The van der Waals surface area contributed by atoms with Gasteiger partial charge in [0.15, 0.2) is 0 Å². The van der Waals surface area contributed by atoms with Crippen LogP contribution in [0.5, 0.6) is 0 Å². The molecule has 1 unspecified atom stereocenters. The monoisotopic (exact) mass is 357 g/mol. The van der Waals surface area contributed by atoms with Crippen molar-refractivity contribution in [2.24, 2.45) is 5.92 Å². The van der Waals surface area contributed by atoms with Crippen molar-refractivity contribution in [3.8, 4) is 11.3 Å². The third kappa shape index (κ3) is 4.04. The van der Waals surface area contributed by atoms with E-state index in [9.17, 15) is 19.1 Å². The Morgan fingerprint density at radius 1 is 1.35 bits per heavy atom. The second kappa shape index (κ2) is 7.59. The van der Waals surface area contributed by atoms with E-state index < -0.39 is 11.8 Å². The van der Waals surface area contributed by atoms with Gasteiger partial charge < -0.3 is 10.0 Å². The Morgan fingerprint density at radius 3 is 2.88 bits per heavy atom. The number of nitrogens with zero attached hydrogens (tertiary/aromatic N) is 3. The summed E-state index contributed by atoms with van der Waals surface area (Å²) in [5, 5.41) is 9.32. The number of aromatic carboxylic acids is 1. The van der Waals surface area contributed by atoms with Gasteiger partial charge in [0.1, 0.15) is 5.82 Å². The average molecular weight is 357 g/mol. The van der Waals surface area contributed by atoms with Crippen LogP contribution < -0.4 is 0 Å². The maximum atomic E-state index is 13.6. The second-order valence-corrected chi connectivity index (χ2v) is 6.57. The Morgan fingerprint density at radius 2 is 2.15 bits per heavy atom. The highest BCUT2D eigenvalue weighted by Gasteiger charge is 2.22. The maximum absolute atomic E-state index is 13.6. The van der Waals surface area contributed by atoms with E-state index in [1.165, 1.54) is 12.3 Å². The molecule has 136 valence electrons.